The van der Waals surface area contributed by atoms with Crippen LogP contribution in [0, 0.1) is 0 Å². The minimum Gasteiger partial charge on any atom is -0.340 e. The van der Waals surface area contributed by atoms with Crippen LogP contribution in [0.15, 0.2) is 36.9 Å². The number of hydrogen-bond acceptors (Lipinski definition) is 4. The van der Waals surface area contributed by atoms with Crippen molar-refractivity contribution in [3.8, 4) is 0 Å². The predicted molar refractivity (Wildman–Crippen MR) is 87.9 cm³/mol. The summed E-state index contributed by atoms with van der Waals surface area (Å²) in [6, 6.07) is 7.96. The van der Waals surface area contributed by atoms with E-state index in [1.54, 1.807) is 11.0 Å². The SMILES string of the molecule is O=C(Cn1cncn1)N1CCS[C@@H](c2ccccc2Cl)CC1. The molecule has 1 aromatic carbocycles. The van der Waals surface area contributed by atoms with Crippen LogP contribution in [0.3, 0.4) is 0 Å². The van der Waals surface area contributed by atoms with Crippen LogP contribution in [0.2, 0.25) is 5.02 Å². The number of nitrogens with zero attached hydrogens (tertiary/aromatic N) is 4. The van der Waals surface area contributed by atoms with Gasteiger partial charge in [0, 0.05) is 29.1 Å². The Bertz CT molecular complexity index is 634. The molecule has 116 valence electrons. The standard InChI is InChI=1S/C15H17ClN4OS/c16-13-4-2-1-3-12(13)14-5-6-19(7-8-22-14)15(21)9-20-11-17-10-18-20/h1-4,10-11,14H,5-9H2/t14-/m1/s1. The molecule has 3 rings (SSSR count). The zero-order chi connectivity index (χ0) is 15.4. The van der Waals surface area contributed by atoms with E-state index >= 15 is 0 Å². The van der Waals surface area contributed by atoms with Crippen LogP contribution >= 0.6 is 23.4 Å². The third-order valence-corrected chi connectivity index (χ3v) is 5.36. The lowest BCUT2D eigenvalue weighted by Crippen LogP contribution is -2.35. The van der Waals surface area contributed by atoms with Gasteiger partial charge in [-0.25, -0.2) is 9.67 Å². The molecule has 5 nitrogen and oxygen atoms in total. The molecule has 0 aliphatic carbocycles. The summed E-state index contributed by atoms with van der Waals surface area (Å²) < 4.78 is 1.56. The fourth-order valence-corrected chi connectivity index (χ4v) is 4.16. The van der Waals surface area contributed by atoms with Crippen molar-refractivity contribution < 1.29 is 4.79 Å². The van der Waals surface area contributed by atoms with Crippen LogP contribution in [0.5, 0.6) is 0 Å². The number of carbonyl (C=O) groups is 1. The molecule has 1 aliphatic rings. The monoisotopic (exact) mass is 336 g/mol. The zero-order valence-corrected chi connectivity index (χ0v) is 13.6. The number of benzene rings is 1. The average molecular weight is 337 g/mol. The molecule has 1 atom stereocenters. The van der Waals surface area contributed by atoms with Gasteiger partial charge in [0.25, 0.3) is 0 Å². The Morgan fingerprint density at radius 1 is 1.36 bits per heavy atom. The minimum atomic E-state index is 0.0888. The molecule has 0 N–H and O–H groups in total. The third-order valence-electron chi connectivity index (χ3n) is 3.71. The van der Waals surface area contributed by atoms with Crippen LogP contribution in [0.25, 0.3) is 0 Å². The quantitative estimate of drug-likeness (QED) is 0.864. The molecular formula is C15H17ClN4OS. The van der Waals surface area contributed by atoms with Crippen LogP contribution in [0.4, 0.5) is 0 Å². The second kappa shape index (κ2) is 7.15. The molecule has 0 radical (unpaired) electrons. The van der Waals surface area contributed by atoms with Gasteiger partial charge in [-0.15, -0.1) is 0 Å². The molecule has 0 saturated carbocycles. The van der Waals surface area contributed by atoms with Gasteiger partial charge in [-0.05, 0) is 18.1 Å². The van der Waals surface area contributed by atoms with Crippen molar-refractivity contribution >= 4 is 29.3 Å². The van der Waals surface area contributed by atoms with Gasteiger partial charge in [-0.2, -0.15) is 16.9 Å². The summed E-state index contributed by atoms with van der Waals surface area (Å²) in [5.41, 5.74) is 1.17. The highest BCUT2D eigenvalue weighted by atomic mass is 35.5. The lowest BCUT2D eigenvalue weighted by molar-refractivity contribution is -0.131. The number of amides is 1. The first-order valence-corrected chi connectivity index (χ1v) is 8.63. The Labute approximate surface area is 138 Å². The van der Waals surface area contributed by atoms with Crippen molar-refractivity contribution in [2.45, 2.75) is 18.2 Å². The molecule has 1 aliphatic heterocycles. The summed E-state index contributed by atoms with van der Waals surface area (Å²) in [5, 5.41) is 5.14. The first kappa shape index (κ1) is 15.4. The highest BCUT2D eigenvalue weighted by Gasteiger charge is 2.23. The summed E-state index contributed by atoms with van der Waals surface area (Å²) in [5.74, 6) is 1.00. The van der Waals surface area contributed by atoms with Crippen molar-refractivity contribution in [1.82, 2.24) is 19.7 Å². The van der Waals surface area contributed by atoms with Crippen molar-refractivity contribution in [2.24, 2.45) is 0 Å². The van der Waals surface area contributed by atoms with E-state index in [-0.39, 0.29) is 12.5 Å². The molecule has 0 spiro atoms. The molecule has 22 heavy (non-hydrogen) atoms. The maximum absolute atomic E-state index is 12.3. The highest BCUT2D eigenvalue weighted by molar-refractivity contribution is 7.99. The maximum atomic E-state index is 12.3. The molecule has 1 aromatic heterocycles. The number of thioether (sulfide) groups is 1. The Morgan fingerprint density at radius 2 is 2.23 bits per heavy atom. The lowest BCUT2D eigenvalue weighted by atomic mass is 10.1. The van der Waals surface area contributed by atoms with E-state index in [1.165, 1.54) is 11.9 Å². The van der Waals surface area contributed by atoms with E-state index in [4.69, 9.17) is 11.6 Å². The molecule has 1 amide bonds. The summed E-state index contributed by atoms with van der Waals surface area (Å²) >= 11 is 8.16. The molecule has 2 heterocycles. The Morgan fingerprint density at radius 3 is 3.00 bits per heavy atom. The normalized spacial score (nSPS) is 19.0. The third kappa shape index (κ3) is 3.62. The van der Waals surface area contributed by atoms with E-state index in [0.717, 1.165) is 30.3 Å². The Kier molecular flexibility index (Phi) is 5.00. The largest absolute Gasteiger partial charge is 0.340 e. The zero-order valence-electron chi connectivity index (χ0n) is 12.1. The minimum absolute atomic E-state index is 0.0888. The fourth-order valence-electron chi connectivity index (χ4n) is 2.56. The molecular weight excluding hydrogens is 320 g/mol. The predicted octanol–water partition coefficient (Wildman–Crippen LogP) is 2.64. The van der Waals surface area contributed by atoms with Crippen LogP contribution < -0.4 is 0 Å². The van der Waals surface area contributed by atoms with Crippen molar-refractivity contribution in [3.63, 3.8) is 0 Å². The summed E-state index contributed by atoms with van der Waals surface area (Å²) in [7, 11) is 0. The highest BCUT2D eigenvalue weighted by Crippen LogP contribution is 2.37. The van der Waals surface area contributed by atoms with Gasteiger partial charge in [-0.1, -0.05) is 29.8 Å². The topological polar surface area (TPSA) is 51.0 Å². The molecule has 1 fully saturated rings. The van der Waals surface area contributed by atoms with Crippen molar-refractivity contribution in [3.05, 3.63) is 47.5 Å². The molecule has 2 aromatic rings. The lowest BCUT2D eigenvalue weighted by Gasteiger charge is -2.20. The summed E-state index contributed by atoms with van der Waals surface area (Å²) in [6.45, 7) is 1.76. The number of carbonyl (C=O) groups excluding carboxylic acids is 1. The molecule has 0 bridgehead atoms. The van der Waals surface area contributed by atoms with Gasteiger partial charge < -0.3 is 4.90 Å². The summed E-state index contributed by atoms with van der Waals surface area (Å²) in [4.78, 5) is 18.1. The van der Waals surface area contributed by atoms with Gasteiger partial charge in [0.05, 0.1) is 0 Å². The first-order valence-electron chi connectivity index (χ1n) is 7.20. The number of hydrogen-bond donors (Lipinski definition) is 0. The fraction of sp³-hybridized carbons (Fsp3) is 0.400. The smallest absolute Gasteiger partial charge is 0.244 e. The van der Waals surface area contributed by atoms with Gasteiger partial charge in [0.1, 0.15) is 19.2 Å². The first-order chi connectivity index (χ1) is 10.7. The van der Waals surface area contributed by atoms with Crippen molar-refractivity contribution in [1.29, 1.82) is 0 Å². The van der Waals surface area contributed by atoms with E-state index < -0.39 is 0 Å². The number of halogens is 1. The van der Waals surface area contributed by atoms with E-state index in [9.17, 15) is 4.79 Å². The number of rotatable bonds is 3. The van der Waals surface area contributed by atoms with Gasteiger partial charge >= 0.3 is 0 Å². The molecule has 7 heteroatoms. The Balaban J connectivity index is 1.62. The molecule has 0 unspecified atom stereocenters. The average Bonchev–Trinajstić information content (AvgIpc) is 2.90. The van der Waals surface area contributed by atoms with Gasteiger partial charge in [0.15, 0.2) is 0 Å². The van der Waals surface area contributed by atoms with E-state index in [2.05, 4.69) is 16.1 Å². The van der Waals surface area contributed by atoms with Crippen LogP contribution in [-0.2, 0) is 11.3 Å². The van der Waals surface area contributed by atoms with Crippen LogP contribution in [0.1, 0.15) is 17.2 Å². The van der Waals surface area contributed by atoms with E-state index in [0.29, 0.717) is 5.25 Å². The van der Waals surface area contributed by atoms with Crippen LogP contribution in [-0.4, -0.2) is 44.4 Å². The van der Waals surface area contributed by atoms with Gasteiger partial charge in [-0.3, -0.25) is 4.79 Å². The maximum Gasteiger partial charge on any atom is 0.244 e. The van der Waals surface area contributed by atoms with Gasteiger partial charge in [0.2, 0.25) is 5.91 Å². The Hall–Kier alpha value is -1.53. The molecule has 1 saturated heterocycles. The van der Waals surface area contributed by atoms with Crippen molar-refractivity contribution in [2.75, 3.05) is 18.8 Å². The summed E-state index contributed by atoms with van der Waals surface area (Å²) in [6.07, 6.45) is 3.92. The van der Waals surface area contributed by atoms with E-state index in [1.807, 2.05) is 34.9 Å². The second-order valence-electron chi connectivity index (χ2n) is 5.14. The number of aromatic nitrogens is 3. The second-order valence-corrected chi connectivity index (χ2v) is 6.86.